The zero-order chi connectivity index (χ0) is 9.68. The molecule has 0 aliphatic carbocycles. The Hall–Kier alpha value is -0.700. The van der Waals surface area contributed by atoms with Crippen LogP contribution in [0.1, 0.15) is 6.92 Å². The highest BCUT2D eigenvalue weighted by atomic mass is 79.9. The van der Waals surface area contributed by atoms with Crippen molar-refractivity contribution in [1.29, 1.82) is 0 Å². The predicted octanol–water partition coefficient (Wildman–Crippen LogP) is 2.86. The maximum absolute atomic E-state index is 5.48. The fourth-order valence-electron chi connectivity index (χ4n) is 0.902. The van der Waals surface area contributed by atoms with E-state index in [0.717, 1.165) is 11.5 Å². The lowest BCUT2D eigenvalue weighted by molar-refractivity contribution is 0.321. The van der Waals surface area contributed by atoms with E-state index in [2.05, 4.69) is 15.9 Å². The third-order valence-corrected chi connectivity index (χ3v) is 1.79. The summed E-state index contributed by atoms with van der Waals surface area (Å²) in [7, 11) is 1.65. The number of halogens is 1. The summed E-state index contributed by atoms with van der Waals surface area (Å²) in [6.45, 7) is 2.70. The van der Waals surface area contributed by atoms with Crippen LogP contribution in [0.4, 0.5) is 0 Å². The van der Waals surface area contributed by atoms with Gasteiger partial charge in [-0.1, -0.05) is 22.0 Å². The lowest BCUT2D eigenvalue weighted by Crippen LogP contribution is -2.06. The van der Waals surface area contributed by atoms with Gasteiger partial charge in [-0.2, -0.15) is 0 Å². The first-order chi connectivity index (χ1) is 6.22. The molecule has 13 heavy (non-hydrogen) atoms. The maximum atomic E-state index is 5.48. The first kappa shape index (κ1) is 10.4. The van der Waals surface area contributed by atoms with Gasteiger partial charge < -0.3 is 9.47 Å². The molecular formula is C10H13BrO2. The van der Waals surface area contributed by atoms with Crippen molar-refractivity contribution in [2.24, 2.45) is 0 Å². The summed E-state index contributed by atoms with van der Waals surface area (Å²) in [6, 6.07) is 7.59. The molecule has 3 heteroatoms. The molecule has 1 aromatic carbocycles. The average molecular weight is 245 g/mol. The molecule has 1 aromatic rings. The van der Waals surface area contributed by atoms with Gasteiger partial charge in [0.15, 0.2) is 0 Å². The SMILES string of the molecule is COc1cccc(OC[C@@H](C)Br)c1. The Morgan fingerprint density at radius 1 is 1.38 bits per heavy atom. The van der Waals surface area contributed by atoms with Crippen molar-refractivity contribution in [3.8, 4) is 11.5 Å². The molecule has 0 saturated heterocycles. The van der Waals surface area contributed by atoms with Crippen molar-refractivity contribution < 1.29 is 9.47 Å². The number of methoxy groups -OCH3 is 1. The van der Waals surface area contributed by atoms with Gasteiger partial charge in [0.05, 0.1) is 7.11 Å². The molecule has 0 aromatic heterocycles. The lowest BCUT2D eigenvalue weighted by Gasteiger charge is -2.08. The third kappa shape index (κ3) is 3.68. The molecule has 2 nitrogen and oxygen atoms in total. The van der Waals surface area contributed by atoms with Crippen molar-refractivity contribution in [2.45, 2.75) is 11.8 Å². The molecular weight excluding hydrogens is 232 g/mol. The van der Waals surface area contributed by atoms with Crippen LogP contribution < -0.4 is 9.47 Å². The molecule has 0 fully saturated rings. The Kier molecular flexibility index (Phi) is 4.09. The van der Waals surface area contributed by atoms with E-state index in [0.29, 0.717) is 11.4 Å². The number of hydrogen-bond donors (Lipinski definition) is 0. The van der Waals surface area contributed by atoms with E-state index in [4.69, 9.17) is 9.47 Å². The Morgan fingerprint density at radius 2 is 2.08 bits per heavy atom. The minimum absolute atomic E-state index is 0.360. The Morgan fingerprint density at radius 3 is 2.69 bits per heavy atom. The number of hydrogen-bond acceptors (Lipinski definition) is 2. The van der Waals surface area contributed by atoms with Crippen molar-refractivity contribution in [1.82, 2.24) is 0 Å². The van der Waals surface area contributed by atoms with Gasteiger partial charge in [0.2, 0.25) is 0 Å². The van der Waals surface area contributed by atoms with Crippen LogP contribution in [0.25, 0.3) is 0 Å². The summed E-state index contributed by atoms with van der Waals surface area (Å²) in [5.41, 5.74) is 0. The molecule has 1 rings (SSSR count). The van der Waals surface area contributed by atoms with Gasteiger partial charge >= 0.3 is 0 Å². The molecule has 0 bridgehead atoms. The van der Waals surface area contributed by atoms with Crippen LogP contribution in [0.3, 0.4) is 0 Å². The maximum Gasteiger partial charge on any atom is 0.123 e. The van der Waals surface area contributed by atoms with E-state index in [1.165, 1.54) is 0 Å². The van der Waals surface area contributed by atoms with E-state index >= 15 is 0 Å². The number of rotatable bonds is 4. The van der Waals surface area contributed by atoms with Crippen LogP contribution in [-0.2, 0) is 0 Å². The van der Waals surface area contributed by atoms with Gasteiger partial charge in [-0.05, 0) is 19.1 Å². The Labute approximate surface area is 87.0 Å². The van der Waals surface area contributed by atoms with E-state index in [9.17, 15) is 0 Å². The first-order valence-corrected chi connectivity index (χ1v) is 5.05. The van der Waals surface area contributed by atoms with Crippen LogP contribution >= 0.6 is 15.9 Å². The molecule has 0 aliphatic rings. The minimum atomic E-state index is 0.360. The molecule has 0 aliphatic heterocycles. The smallest absolute Gasteiger partial charge is 0.123 e. The molecule has 0 radical (unpaired) electrons. The third-order valence-electron chi connectivity index (χ3n) is 1.52. The zero-order valence-electron chi connectivity index (χ0n) is 7.79. The average Bonchev–Trinajstić information content (AvgIpc) is 2.15. The summed E-state index contributed by atoms with van der Waals surface area (Å²) in [4.78, 5) is 0.360. The van der Waals surface area contributed by atoms with E-state index in [-0.39, 0.29) is 0 Å². The van der Waals surface area contributed by atoms with Crippen LogP contribution in [0.2, 0.25) is 0 Å². The molecule has 0 heterocycles. The van der Waals surface area contributed by atoms with Crippen LogP contribution in [-0.4, -0.2) is 18.5 Å². The van der Waals surface area contributed by atoms with E-state index in [1.54, 1.807) is 7.11 Å². The second-order valence-electron chi connectivity index (χ2n) is 2.77. The molecule has 0 amide bonds. The lowest BCUT2D eigenvalue weighted by atomic mass is 10.3. The van der Waals surface area contributed by atoms with Crippen molar-refractivity contribution in [2.75, 3.05) is 13.7 Å². The van der Waals surface area contributed by atoms with Crippen LogP contribution in [0.15, 0.2) is 24.3 Å². The number of ether oxygens (including phenoxy) is 2. The van der Waals surface area contributed by atoms with Gasteiger partial charge in [0.1, 0.15) is 18.1 Å². The van der Waals surface area contributed by atoms with Crippen LogP contribution in [0.5, 0.6) is 11.5 Å². The number of benzene rings is 1. The number of alkyl halides is 1. The summed E-state index contributed by atoms with van der Waals surface area (Å²) in [5, 5.41) is 0. The van der Waals surface area contributed by atoms with Gasteiger partial charge in [0.25, 0.3) is 0 Å². The first-order valence-electron chi connectivity index (χ1n) is 4.13. The fraction of sp³-hybridized carbons (Fsp3) is 0.400. The molecule has 0 unspecified atom stereocenters. The second-order valence-corrected chi connectivity index (χ2v) is 4.33. The highest BCUT2D eigenvalue weighted by molar-refractivity contribution is 9.09. The zero-order valence-corrected chi connectivity index (χ0v) is 9.37. The fourth-order valence-corrected chi connectivity index (χ4v) is 1.03. The van der Waals surface area contributed by atoms with E-state index < -0.39 is 0 Å². The predicted molar refractivity (Wildman–Crippen MR) is 56.9 cm³/mol. The van der Waals surface area contributed by atoms with Crippen molar-refractivity contribution in [3.63, 3.8) is 0 Å². The van der Waals surface area contributed by atoms with E-state index in [1.807, 2.05) is 31.2 Å². The van der Waals surface area contributed by atoms with Crippen molar-refractivity contribution >= 4 is 15.9 Å². The summed E-state index contributed by atoms with van der Waals surface area (Å²) in [6.07, 6.45) is 0. The Balaban J connectivity index is 2.56. The van der Waals surface area contributed by atoms with Gasteiger partial charge in [-0.3, -0.25) is 0 Å². The second kappa shape index (κ2) is 5.12. The largest absolute Gasteiger partial charge is 0.497 e. The normalized spacial score (nSPS) is 12.2. The molecule has 0 N–H and O–H groups in total. The molecule has 72 valence electrons. The topological polar surface area (TPSA) is 18.5 Å². The summed E-state index contributed by atoms with van der Waals surface area (Å²) >= 11 is 3.41. The van der Waals surface area contributed by atoms with Crippen LogP contribution in [0, 0.1) is 0 Å². The minimum Gasteiger partial charge on any atom is -0.497 e. The van der Waals surface area contributed by atoms with Gasteiger partial charge in [0, 0.05) is 10.9 Å². The molecule has 0 saturated carbocycles. The molecule has 1 atom stereocenters. The quantitative estimate of drug-likeness (QED) is 0.759. The highest BCUT2D eigenvalue weighted by Gasteiger charge is 1.99. The standard InChI is InChI=1S/C10H13BrO2/c1-8(11)7-13-10-5-3-4-9(6-10)12-2/h3-6,8H,7H2,1-2H3/t8-/m1/s1. The monoisotopic (exact) mass is 244 g/mol. The van der Waals surface area contributed by atoms with Gasteiger partial charge in [-0.25, -0.2) is 0 Å². The highest BCUT2D eigenvalue weighted by Crippen LogP contribution is 2.19. The summed E-state index contributed by atoms with van der Waals surface area (Å²) < 4.78 is 10.6. The molecule has 0 spiro atoms. The summed E-state index contributed by atoms with van der Waals surface area (Å²) in [5.74, 6) is 1.66. The van der Waals surface area contributed by atoms with Gasteiger partial charge in [-0.15, -0.1) is 0 Å². The van der Waals surface area contributed by atoms with Crippen molar-refractivity contribution in [3.05, 3.63) is 24.3 Å². The Bertz CT molecular complexity index is 261.